The molecule has 1 aromatic rings. The van der Waals surface area contributed by atoms with E-state index in [0.717, 1.165) is 0 Å². The summed E-state index contributed by atoms with van der Waals surface area (Å²) in [7, 11) is 0. The highest BCUT2D eigenvalue weighted by Gasteiger charge is 1.89. The Bertz CT molecular complexity index is 361. The van der Waals surface area contributed by atoms with E-state index >= 15 is 0 Å². The van der Waals surface area contributed by atoms with Crippen LogP contribution in [0.4, 0.5) is 0 Å². The van der Waals surface area contributed by atoms with E-state index in [1.807, 2.05) is 5.43 Å². The number of hydrogen-bond acceptors (Lipinski definition) is 2. The van der Waals surface area contributed by atoms with Gasteiger partial charge in [0.15, 0.2) is 0 Å². The molecule has 0 spiro atoms. The molecule has 4 heteroatoms. The van der Waals surface area contributed by atoms with Crippen LogP contribution < -0.4 is 11.3 Å². The molecule has 13 heavy (non-hydrogen) atoms. The molecule has 0 saturated heterocycles. The second-order valence-electron chi connectivity index (χ2n) is 2.23. The SMILES string of the molecule is NNC(=O)C#Cc1ccc(Cl)cc1. The van der Waals surface area contributed by atoms with Crippen molar-refractivity contribution in [1.82, 2.24) is 5.43 Å². The highest BCUT2D eigenvalue weighted by molar-refractivity contribution is 6.30. The number of carbonyl (C=O) groups excluding carboxylic acids is 1. The van der Waals surface area contributed by atoms with Gasteiger partial charge >= 0.3 is 5.91 Å². The molecule has 0 aliphatic heterocycles. The Morgan fingerprint density at radius 2 is 2.00 bits per heavy atom. The zero-order valence-electron chi connectivity index (χ0n) is 6.67. The monoisotopic (exact) mass is 194 g/mol. The van der Waals surface area contributed by atoms with Gasteiger partial charge in [0.1, 0.15) is 0 Å². The Hall–Kier alpha value is -1.50. The van der Waals surface area contributed by atoms with Crippen LogP contribution in [0.1, 0.15) is 5.56 Å². The first-order valence-electron chi connectivity index (χ1n) is 3.50. The van der Waals surface area contributed by atoms with Gasteiger partial charge in [-0.2, -0.15) is 0 Å². The number of carbonyl (C=O) groups is 1. The molecule has 0 fully saturated rings. The summed E-state index contributed by atoms with van der Waals surface area (Å²) in [5.74, 6) is 9.24. The van der Waals surface area contributed by atoms with Gasteiger partial charge in [-0.3, -0.25) is 10.2 Å². The molecule has 0 heterocycles. The third-order valence-corrected chi connectivity index (χ3v) is 1.55. The van der Waals surface area contributed by atoms with E-state index in [-0.39, 0.29) is 0 Å². The van der Waals surface area contributed by atoms with Crippen LogP contribution in [-0.2, 0) is 4.79 Å². The van der Waals surface area contributed by atoms with Crippen molar-refractivity contribution >= 4 is 17.5 Å². The molecule has 1 rings (SSSR count). The highest BCUT2D eigenvalue weighted by atomic mass is 35.5. The minimum Gasteiger partial charge on any atom is -0.283 e. The summed E-state index contributed by atoms with van der Waals surface area (Å²) >= 11 is 5.65. The van der Waals surface area contributed by atoms with Gasteiger partial charge in [0.05, 0.1) is 0 Å². The van der Waals surface area contributed by atoms with Crippen molar-refractivity contribution in [1.29, 1.82) is 0 Å². The summed E-state index contributed by atoms with van der Waals surface area (Å²) in [4.78, 5) is 10.6. The summed E-state index contributed by atoms with van der Waals surface area (Å²) in [6.07, 6.45) is 0. The maximum Gasteiger partial charge on any atom is 0.310 e. The number of hydrogen-bond donors (Lipinski definition) is 2. The molecule has 1 amide bonds. The topological polar surface area (TPSA) is 55.1 Å². The van der Waals surface area contributed by atoms with E-state index in [1.54, 1.807) is 24.3 Å². The van der Waals surface area contributed by atoms with Gasteiger partial charge in [0.2, 0.25) is 0 Å². The van der Waals surface area contributed by atoms with Gasteiger partial charge in [-0.05, 0) is 24.3 Å². The van der Waals surface area contributed by atoms with Crippen molar-refractivity contribution < 1.29 is 4.79 Å². The van der Waals surface area contributed by atoms with Crippen molar-refractivity contribution in [2.75, 3.05) is 0 Å². The third-order valence-electron chi connectivity index (χ3n) is 1.30. The van der Waals surface area contributed by atoms with Crippen LogP contribution >= 0.6 is 11.6 Å². The van der Waals surface area contributed by atoms with Crippen LogP contribution in [0.15, 0.2) is 24.3 Å². The number of nitrogens with two attached hydrogens (primary N) is 1. The molecule has 0 aromatic heterocycles. The molecule has 0 radical (unpaired) electrons. The van der Waals surface area contributed by atoms with Crippen LogP contribution in [0, 0.1) is 11.8 Å². The zero-order valence-corrected chi connectivity index (χ0v) is 7.43. The number of nitrogens with one attached hydrogen (secondary N) is 1. The van der Waals surface area contributed by atoms with Crippen molar-refractivity contribution in [3.05, 3.63) is 34.9 Å². The molecule has 0 aliphatic carbocycles. The normalized spacial score (nSPS) is 8.46. The van der Waals surface area contributed by atoms with Gasteiger partial charge < -0.3 is 0 Å². The van der Waals surface area contributed by atoms with E-state index in [9.17, 15) is 4.79 Å². The minimum atomic E-state index is -0.519. The summed E-state index contributed by atoms with van der Waals surface area (Å²) in [6.45, 7) is 0. The predicted molar refractivity (Wildman–Crippen MR) is 50.7 cm³/mol. The lowest BCUT2D eigenvalue weighted by atomic mass is 10.2. The van der Waals surface area contributed by atoms with Crippen molar-refractivity contribution in [2.24, 2.45) is 5.84 Å². The van der Waals surface area contributed by atoms with E-state index in [0.29, 0.717) is 10.6 Å². The van der Waals surface area contributed by atoms with Crippen LogP contribution in [-0.4, -0.2) is 5.91 Å². The number of amides is 1. The van der Waals surface area contributed by atoms with Crippen molar-refractivity contribution in [3.8, 4) is 11.8 Å². The van der Waals surface area contributed by atoms with E-state index < -0.39 is 5.91 Å². The lowest BCUT2D eigenvalue weighted by molar-refractivity contribution is -0.115. The fourth-order valence-electron chi connectivity index (χ4n) is 0.698. The van der Waals surface area contributed by atoms with E-state index in [4.69, 9.17) is 17.4 Å². The fourth-order valence-corrected chi connectivity index (χ4v) is 0.824. The number of benzene rings is 1. The van der Waals surface area contributed by atoms with Crippen molar-refractivity contribution in [3.63, 3.8) is 0 Å². The second-order valence-corrected chi connectivity index (χ2v) is 2.67. The Balaban J connectivity index is 2.78. The van der Waals surface area contributed by atoms with Gasteiger partial charge in [-0.25, -0.2) is 5.84 Å². The van der Waals surface area contributed by atoms with Gasteiger partial charge in [-0.15, -0.1) is 0 Å². The minimum absolute atomic E-state index is 0.519. The first kappa shape index (κ1) is 9.59. The first-order chi connectivity index (χ1) is 6.22. The number of rotatable bonds is 0. The summed E-state index contributed by atoms with van der Waals surface area (Å²) in [5.41, 5.74) is 2.62. The molecule has 0 aliphatic rings. The molecule has 0 saturated carbocycles. The molecular weight excluding hydrogens is 188 g/mol. The van der Waals surface area contributed by atoms with Crippen LogP contribution in [0.3, 0.4) is 0 Å². The largest absolute Gasteiger partial charge is 0.310 e. The smallest absolute Gasteiger partial charge is 0.283 e. The summed E-state index contributed by atoms with van der Waals surface area (Å²) < 4.78 is 0. The summed E-state index contributed by atoms with van der Waals surface area (Å²) in [6, 6.07) is 6.84. The van der Waals surface area contributed by atoms with E-state index in [2.05, 4.69) is 11.8 Å². The van der Waals surface area contributed by atoms with Crippen LogP contribution in [0.5, 0.6) is 0 Å². The third kappa shape index (κ3) is 3.16. The quantitative estimate of drug-likeness (QED) is 0.276. The second kappa shape index (κ2) is 4.51. The van der Waals surface area contributed by atoms with Gasteiger partial charge in [-0.1, -0.05) is 17.5 Å². The molecule has 3 nitrogen and oxygen atoms in total. The van der Waals surface area contributed by atoms with Crippen LogP contribution in [0.25, 0.3) is 0 Å². The zero-order chi connectivity index (χ0) is 9.68. The molecule has 0 bridgehead atoms. The number of halogens is 1. The first-order valence-corrected chi connectivity index (χ1v) is 3.88. The van der Waals surface area contributed by atoms with Crippen molar-refractivity contribution in [2.45, 2.75) is 0 Å². The molecular formula is C9H7ClN2O. The molecule has 1 aromatic carbocycles. The maximum absolute atomic E-state index is 10.6. The lowest BCUT2D eigenvalue weighted by Crippen LogP contribution is -2.28. The molecule has 0 unspecified atom stereocenters. The molecule has 66 valence electrons. The molecule has 0 atom stereocenters. The highest BCUT2D eigenvalue weighted by Crippen LogP contribution is 2.07. The lowest BCUT2D eigenvalue weighted by Gasteiger charge is -1.89. The van der Waals surface area contributed by atoms with Gasteiger partial charge in [0, 0.05) is 16.5 Å². The van der Waals surface area contributed by atoms with Crippen LogP contribution in [0.2, 0.25) is 5.02 Å². The maximum atomic E-state index is 10.6. The predicted octanol–water partition coefficient (Wildman–Crippen LogP) is 0.681. The molecule has 3 N–H and O–H groups in total. The Morgan fingerprint density at radius 1 is 1.38 bits per heavy atom. The standard InChI is InChI=1S/C9H7ClN2O/c10-8-4-1-7(2-5-8)3-6-9(13)12-11/h1-2,4-5H,11H2,(H,12,13). The van der Waals surface area contributed by atoms with Gasteiger partial charge in [0.25, 0.3) is 0 Å². The Morgan fingerprint density at radius 3 is 2.54 bits per heavy atom. The summed E-state index contributed by atoms with van der Waals surface area (Å²) in [5, 5.41) is 0.633. The number of hydrazine groups is 1. The Kier molecular flexibility index (Phi) is 3.32. The fraction of sp³-hybridized carbons (Fsp3) is 0. The average molecular weight is 195 g/mol. The van der Waals surface area contributed by atoms with E-state index in [1.165, 1.54) is 0 Å². The Labute approximate surface area is 80.9 Å². The average Bonchev–Trinajstić information content (AvgIpc) is 2.16.